The summed E-state index contributed by atoms with van der Waals surface area (Å²) in [4.78, 5) is 60.0. The van der Waals surface area contributed by atoms with Gasteiger partial charge in [-0.25, -0.2) is 14.6 Å². The lowest BCUT2D eigenvalue weighted by Crippen LogP contribution is -2.59. The number of hydrogen-bond donors (Lipinski definition) is 3. The molecule has 6 rings (SSSR count). The van der Waals surface area contributed by atoms with Gasteiger partial charge in [0.1, 0.15) is 41.3 Å². The summed E-state index contributed by atoms with van der Waals surface area (Å²) in [5.41, 5.74) is -0.154. The van der Waals surface area contributed by atoms with Gasteiger partial charge in [-0.3, -0.25) is 9.59 Å². The normalized spacial score (nSPS) is 24.7. The Bertz CT molecular complexity index is 1820. The predicted molar refractivity (Wildman–Crippen MR) is 187 cm³/mol. The quantitative estimate of drug-likeness (QED) is 0.245. The van der Waals surface area contributed by atoms with Crippen molar-refractivity contribution in [3.8, 4) is 22.8 Å². The molecule has 1 unspecified atom stereocenters. The third-order valence-electron chi connectivity index (χ3n) is 9.75. The van der Waals surface area contributed by atoms with Gasteiger partial charge >= 0.3 is 12.1 Å². The zero-order valence-corrected chi connectivity index (χ0v) is 29.2. The Morgan fingerprint density at radius 2 is 1.88 bits per heavy atom. The molecule has 1 aliphatic carbocycles. The molecule has 51 heavy (non-hydrogen) atoms. The van der Waals surface area contributed by atoms with Gasteiger partial charge in [-0.1, -0.05) is 57.2 Å². The SMILES string of the molecule is C=C[C@H]1CC1(NC(=O)[C@@H]1C[C@@H](Oc2cc(-c3ccccc3)nc3cc(OC)ccc23)CN1C(=O)[C@@H](NC(=O)O[C@H]1CCOC1)C(C)(C)C)C(=O)O. The molecule has 0 spiro atoms. The second-order valence-electron chi connectivity index (χ2n) is 14.4. The Labute approximate surface area is 296 Å². The van der Waals surface area contributed by atoms with Crippen LogP contribution in [0.25, 0.3) is 22.2 Å². The van der Waals surface area contributed by atoms with E-state index in [-0.39, 0.29) is 26.0 Å². The number of carboxylic acids is 1. The molecule has 13 nitrogen and oxygen atoms in total. The standard InChI is InChI=1S/C38H44N4O9/c1-6-23-19-38(23,35(45)46)41-33(43)30-17-26(20-42(30)34(44)32(37(2,3)4)40-36(47)51-25-14-15-49-21-25)50-31-18-28(22-10-8-7-9-11-22)39-29-16-24(48-5)12-13-27(29)31/h6-13,16,18,23,25-26,30,32H,1,14-15,17,19-21H2,2-5H3,(H,40,47)(H,41,43)(H,45,46)/t23-,25-,26+,30-,32+,38?/m0/s1. The van der Waals surface area contributed by atoms with E-state index < -0.39 is 65.0 Å². The number of nitrogens with zero attached hydrogens (tertiary/aromatic N) is 2. The van der Waals surface area contributed by atoms with Crippen molar-refractivity contribution in [1.82, 2.24) is 20.5 Å². The molecular formula is C38H44N4O9. The number of methoxy groups -OCH3 is 1. The number of carbonyl (C=O) groups is 4. The molecule has 3 aromatic rings. The number of pyridine rings is 1. The van der Waals surface area contributed by atoms with Crippen molar-refractivity contribution >= 4 is 34.8 Å². The van der Waals surface area contributed by atoms with Crippen LogP contribution in [0.2, 0.25) is 0 Å². The summed E-state index contributed by atoms with van der Waals surface area (Å²) in [7, 11) is 1.57. The number of aliphatic carboxylic acids is 1. The molecule has 13 heteroatoms. The van der Waals surface area contributed by atoms with Crippen LogP contribution in [-0.2, 0) is 23.9 Å². The molecule has 3 heterocycles. The number of nitrogens with one attached hydrogen (secondary N) is 2. The average Bonchev–Trinajstić information content (AvgIpc) is 3.37. The number of ether oxygens (including phenoxy) is 4. The number of hydrogen-bond acceptors (Lipinski definition) is 9. The van der Waals surface area contributed by atoms with E-state index in [1.807, 2.05) is 48.5 Å². The maximum atomic E-state index is 14.5. The summed E-state index contributed by atoms with van der Waals surface area (Å²) in [6, 6.07) is 14.7. The smallest absolute Gasteiger partial charge is 0.408 e. The highest BCUT2D eigenvalue weighted by Gasteiger charge is 2.61. The van der Waals surface area contributed by atoms with Crippen LogP contribution in [0.15, 0.2) is 67.3 Å². The van der Waals surface area contributed by atoms with Gasteiger partial charge in [0.25, 0.3) is 0 Å². The Morgan fingerprint density at radius 3 is 2.51 bits per heavy atom. The first-order valence-corrected chi connectivity index (χ1v) is 17.1. The second-order valence-corrected chi connectivity index (χ2v) is 14.4. The lowest BCUT2D eigenvalue weighted by molar-refractivity contribution is -0.146. The molecule has 3 aliphatic rings. The highest BCUT2D eigenvalue weighted by molar-refractivity contribution is 5.96. The average molecular weight is 701 g/mol. The summed E-state index contributed by atoms with van der Waals surface area (Å²) in [6.07, 6.45) is 0.433. The van der Waals surface area contributed by atoms with Gasteiger partial charge in [-0.2, -0.15) is 0 Å². The first-order valence-electron chi connectivity index (χ1n) is 17.1. The molecule has 1 aromatic heterocycles. The lowest BCUT2D eigenvalue weighted by atomic mass is 9.85. The summed E-state index contributed by atoms with van der Waals surface area (Å²) in [5, 5.41) is 16.2. The van der Waals surface area contributed by atoms with E-state index in [1.165, 1.54) is 11.0 Å². The van der Waals surface area contributed by atoms with E-state index >= 15 is 0 Å². The largest absolute Gasteiger partial charge is 0.497 e. The maximum Gasteiger partial charge on any atom is 0.408 e. The molecule has 3 amide bonds. The number of fused-ring (bicyclic) bond motifs is 1. The van der Waals surface area contributed by atoms with Crippen LogP contribution in [0.5, 0.6) is 11.5 Å². The van der Waals surface area contributed by atoms with Crippen molar-refractivity contribution in [3.05, 3.63) is 67.3 Å². The van der Waals surface area contributed by atoms with Gasteiger partial charge in [0.2, 0.25) is 11.8 Å². The van der Waals surface area contributed by atoms with Crippen LogP contribution >= 0.6 is 0 Å². The van der Waals surface area contributed by atoms with Crippen molar-refractivity contribution in [2.24, 2.45) is 11.3 Å². The van der Waals surface area contributed by atoms with E-state index in [4.69, 9.17) is 23.9 Å². The third kappa shape index (κ3) is 7.48. The van der Waals surface area contributed by atoms with Crippen molar-refractivity contribution < 1.29 is 43.2 Å². The molecule has 2 aromatic carbocycles. The van der Waals surface area contributed by atoms with E-state index in [0.29, 0.717) is 41.1 Å². The van der Waals surface area contributed by atoms with E-state index in [9.17, 15) is 24.3 Å². The Hall–Kier alpha value is -5.17. The topological polar surface area (TPSA) is 166 Å². The minimum Gasteiger partial charge on any atom is -0.497 e. The molecule has 1 saturated carbocycles. The zero-order valence-electron chi connectivity index (χ0n) is 29.2. The van der Waals surface area contributed by atoms with Gasteiger partial charge in [0.15, 0.2) is 0 Å². The van der Waals surface area contributed by atoms with Crippen molar-refractivity contribution in [2.45, 2.75) is 69.9 Å². The van der Waals surface area contributed by atoms with Gasteiger partial charge in [0.05, 0.1) is 38.1 Å². The number of alkyl carbamates (subject to hydrolysis) is 1. The van der Waals surface area contributed by atoms with E-state index in [0.717, 1.165) is 5.56 Å². The summed E-state index contributed by atoms with van der Waals surface area (Å²) in [5.74, 6) is -1.68. The maximum absolute atomic E-state index is 14.5. The van der Waals surface area contributed by atoms with Crippen LogP contribution in [0, 0.1) is 11.3 Å². The minimum absolute atomic E-state index is 0.0116. The monoisotopic (exact) mass is 700 g/mol. The fourth-order valence-corrected chi connectivity index (χ4v) is 6.75. The molecular weight excluding hydrogens is 656 g/mol. The molecule has 270 valence electrons. The fraction of sp³-hybridized carbons (Fsp3) is 0.447. The van der Waals surface area contributed by atoms with Crippen LogP contribution in [0.3, 0.4) is 0 Å². The number of amides is 3. The van der Waals surface area contributed by atoms with E-state index in [1.54, 1.807) is 33.9 Å². The van der Waals surface area contributed by atoms with Crippen LogP contribution in [0.4, 0.5) is 4.79 Å². The Balaban J connectivity index is 1.32. The molecule has 0 radical (unpaired) electrons. The van der Waals surface area contributed by atoms with Crippen LogP contribution in [0.1, 0.15) is 40.0 Å². The Kier molecular flexibility index (Phi) is 9.94. The number of benzene rings is 2. The second kappa shape index (κ2) is 14.2. The van der Waals surface area contributed by atoms with E-state index in [2.05, 4.69) is 17.2 Å². The van der Waals surface area contributed by atoms with Crippen molar-refractivity contribution in [3.63, 3.8) is 0 Å². The molecule has 6 atom stereocenters. The zero-order chi connectivity index (χ0) is 36.5. The molecule has 2 aliphatic heterocycles. The van der Waals surface area contributed by atoms with Gasteiger partial charge in [-0.15, -0.1) is 6.58 Å². The summed E-state index contributed by atoms with van der Waals surface area (Å²) >= 11 is 0. The summed E-state index contributed by atoms with van der Waals surface area (Å²) < 4.78 is 22.9. The van der Waals surface area contributed by atoms with Crippen LogP contribution < -0.4 is 20.1 Å². The highest BCUT2D eigenvalue weighted by atomic mass is 16.6. The minimum atomic E-state index is -1.51. The van der Waals surface area contributed by atoms with Gasteiger partial charge < -0.3 is 39.6 Å². The molecule has 3 fully saturated rings. The number of carboxylic acid groups (broad SMARTS) is 1. The fourth-order valence-electron chi connectivity index (χ4n) is 6.75. The van der Waals surface area contributed by atoms with Gasteiger partial charge in [-0.05, 0) is 24.0 Å². The predicted octanol–water partition coefficient (Wildman–Crippen LogP) is 4.33. The molecule has 3 N–H and O–H groups in total. The molecule has 0 bridgehead atoms. The van der Waals surface area contributed by atoms with Crippen molar-refractivity contribution in [2.75, 3.05) is 26.9 Å². The number of aromatic nitrogens is 1. The number of likely N-dealkylation sites (tertiary alicyclic amines) is 1. The van der Waals surface area contributed by atoms with Crippen molar-refractivity contribution in [1.29, 1.82) is 0 Å². The number of carbonyl (C=O) groups excluding carboxylic acids is 3. The Morgan fingerprint density at radius 1 is 1.12 bits per heavy atom. The first kappa shape index (κ1) is 35.6. The van der Waals surface area contributed by atoms with Gasteiger partial charge in [0, 0.05) is 41.8 Å². The third-order valence-corrected chi connectivity index (χ3v) is 9.75. The van der Waals surface area contributed by atoms with Crippen LogP contribution in [-0.4, -0.2) is 95.6 Å². The molecule has 2 saturated heterocycles. The summed E-state index contributed by atoms with van der Waals surface area (Å²) in [6.45, 7) is 9.85. The first-order chi connectivity index (χ1) is 24.3. The number of rotatable bonds is 11. The highest BCUT2D eigenvalue weighted by Crippen LogP contribution is 2.45. The lowest BCUT2D eigenvalue weighted by Gasteiger charge is -2.35.